The number of amides is 2. The normalized spacial score (nSPS) is 28.5. The van der Waals surface area contributed by atoms with Crippen molar-refractivity contribution in [3.8, 4) is 0 Å². The fraction of sp³-hybridized carbons (Fsp3) is 0.929. The molecule has 3 rings (SSSR count). The number of carbonyl (C=O) groups is 1. The van der Waals surface area contributed by atoms with Crippen LogP contribution in [0, 0.1) is 0 Å². The molecule has 3 aliphatic heterocycles. The number of sulfonamides is 1. The Morgan fingerprint density at radius 3 is 1.35 bits per heavy atom. The van der Waals surface area contributed by atoms with Gasteiger partial charge >= 0.3 is 6.03 Å². The fourth-order valence-electron chi connectivity index (χ4n) is 2.45. The summed E-state index contributed by atoms with van der Waals surface area (Å²) in [4.78, 5) is 14.2. The molecule has 3 heterocycles. The predicted octanol–water partition coefficient (Wildman–Crippen LogP) is -0.868. The molecule has 0 aromatic carbocycles. The molecular weight excluding hydrogens is 382 g/mol. The summed E-state index contributed by atoms with van der Waals surface area (Å²) in [5.41, 5.74) is 0. The molecule has 0 aliphatic carbocycles. The lowest BCUT2D eigenvalue weighted by atomic mass is 10.3. The molecule has 154 valence electrons. The third-order valence-electron chi connectivity index (χ3n) is 4.79. The third kappa shape index (κ3) is 5.52. The Labute approximate surface area is 157 Å². The molecule has 0 aromatic heterocycles. The van der Waals surface area contributed by atoms with E-state index in [4.69, 9.17) is 0 Å². The number of nitrogens with zero attached hydrogens (tertiary/aromatic N) is 5. The predicted molar refractivity (Wildman–Crippen MR) is 100 cm³/mol. The average molecular weight is 414 g/mol. The summed E-state index contributed by atoms with van der Waals surface area (Å²) in [6.07, 6.45) is 0.777. The molecule has 12 heteroatoms. The zero-order valence-electron chi connectivity index (χ0n) is 16.4. The van der Waals surface area contributed by atoms with Crippen molar-refractivity contribution in [2.24, 2.45) is 0 Å². The van der Waals surface area contributed by atoms with Crippen LogP contribution in [-0.4, -0.2) is 119 Å². The molecule has 3 saturated heterocycles. The van der Waals surface area contributed by atoms with Crippen molar-refractivity contribution < 1.29 is 21.6 Å². The van der Waals surface area contributed by atoms with E-state index in [0.29, 0.717) is 18.8 Å². The Kier molecular flexibility index (Phi) is 7.84. The first kappa shape index (κ1) is 23.1. The Hall–Kier alpha value is -0.950. The monoisotopic (exact) mass is 413 g/mol. The summed E-state index contributed by atoms with van der Waals surface area (Å²) in [7, 11) is 2.54. The number of hydrogen-bond donors (Lipinski definition) is 0. The zero-order valence-corrected chi connectivity index (χ0v) is 18.0. The standard InChI is InChI=1S/C5H10N2O.C5H11NO2S.C4H10N2O2S/c1-6-3-4-7(2)5(6)8;1-5-3-4-9(7,8)6(5)2;1-5-3-4-6(2)9(5,7)8/h3-4H2,1-2H3;5H,3-4H2,1-2H3;3-4H2,1-2H3/t;5-;/m.0./s1. The quantitative estimate of drug-likeness (QED) is 0.514. The largest absolute Gasteiger partial charge is 0.326 e. The number of hydrogen-bond acceptors (Lipinski definition) is 5. The van der Waals surface area contributed by atoms with Crippen molar-refractivity contribution in [1.29, 1.82) is 0 Å². The Morgan fingerprint density at radius 1 is 0.808 bits per heavy atom. The lowest BCUT2D eigenvalue weighted by Crippen LogP contribution is -2.27. The van der Waals surface area contributed by atoms with Gasteiger partial charge in [0.1, 0.15) is 0 Å². The minimum atomic E-state index is -3.04. The molecule has 3 fully saturated rings. The Balaban J connectivity index is 0.000000195. The van der Waals surface area contributed by atoms with Gasteiger partial charge in [0.15, 0.2) is 0 Å². The number of carbonyl (C=O) groups excluding carboxylic acids is 1. The molecule has 0 bridgehead atoms. The molecule has 1 atom stereocenters. The summed E-state index contributed by atoms with van der Waals surface area (Å²) < 4.78 is 47.8. The maximum Gasteiger partial charge on any atom is 0.319 e. The van der Waals surface area contributed by atoms with E-state index in [1.165, 1.54) is 12.9 Å². The van der Waals surface area contributed by atoms with Crippen LogP contribution in [0.1, 0.15) is 13.3 Å². The SMILES string of the molecule is CN1CCN(C)C1=O.CN1CCN(C)S1(=O)=O.C[C@H]1CCS(=O)(=O)N1C. The maximum absolute atomic E-state index is 10.9. The van der Waals surface area contributed by atoms with E-state index in [1.54, 1.807) is 30.9 Å². The van der Waals surface area contributed by atoms with Gasteiger partial charge in [-0.25, -0.2) is 17.5 Å². The lowest BCUT2D eigenvalue weighted by molar-refractivity contribution is 0.205. The summed E-state index contributed by atoms with van der Waals surface area (Å²) in [6.45, 7) is 4.88. The molecule has 3 aliphatic rings. The Morgan fingerprint density at radius 2 is 1.23 bits per heavy atom. The van der Waals surface area contributed by atoms with Gasteiger partial charge in [-0.05, 0) is 13.3 Å². The van der Waals surface area contributed by atoms with Gasteiger partial charge < -0.3 is 9.80 Å². The second-order valence-electron chi connectivity index (χ2n) is 6.75. The van der Waals surface area contributed by atoms with Crippen LogP contribution in [0.4, 0.5) is 4.79 Å². The molecule has 26 heavy (non-hydrogen) atoms. The summed E-state index contributed by atoms with van der Waals surface area (Å²) in [5.74, 6) is 0.324. The van der Waals surface area contributed by atoms with Gasteiger partial charge in [-0.2, -0.15) is 17.0 Å². The average Bonchev–Trinajstić information content (AvgIpc) is 3.09. The van der Waals surface area contributed by atoms with Gasteiger partial charge in [-0.3, -0.25) is 0 Å². The van der Waals surface area contributed by atoms with Crippen LogP contribution in [0.3, 0.4) is 0 Å². The smallest absolute Gasteiger partial charge is 0.319 e. The van der Waals surface area contributed by atoms with E-state index >= 15 is 0 Å². The van der Waals surface area contributed by atoms with Gasteiger partial charge in [0, 0.05) is 67.5 Å². The molecule has 0 saturated carbocycles. The first-order valence-electron chi connectivity index (χ1n) is 8.40. The molecule has 0 N–H and O–H groups in total. The second kappa shape index (κ2) is 8.83. The fourth-order valence-corrected chi connectivity index (χ4v) is 5.13. The zero-order chi connectivity index (χ0) is 20.3. The molecule has 0 unspecified atom stereocenters. The Bertz CT molecular complexity index is 669. The minimum Gasteiger partial charge on any atom is -0.326 e. The van der Waals surface area contributed by atoms with E-state index in [-0.39, 0.29) is 12.1 Å². The van der Waals surface area contributed by atoms with E-state index < -0.39 is 20.2 Å². The van der Waals surface area contributed by atoms with Crippen LogP contribution >= 0.6 is 0 Å². The van der Waals surface area contributed by atoms with Crippen LogP contribution in [-0.2, 0) is 20.2 Å². The van der Waals surface area contributed by atoms with Crippen molar-refractivity contribution in [1.82, 2.24) is 22.7 Å². The highest BCUT2D eigenvalue weighted by atomic mass is 32.2. The van der Waals surface area contributed by atoms with Crippen LogP contribution in [0.15, 0.2) is 0 Å². The van der Waals surface area contributed by atoms with Crippen molar-refractivity contribution in [2.45, 2.75) is 19.4 Å². The van der Waals surface area contributed by atoms with Crippen LogP contribution in [0.5, 0.6) is 0 Å². The first-order chi connectivity index (χ1) is 11.8. The number of rotatable bonds is 0. The first-order valence-corrected chi connectivity index (χ1v) is 11.4. The van der Waals surface area contributed by atoms with E-state index in [0.717, 1.165) is 19.5 Å². The number of likely N-dealkylation sites (N-methyl/N-ethyl adjacent to an activating group) is 4. The summed E-state index contributed by atoms with van der Waals surface area (Å²) in [6, 6.07) is 0.333. The third-order valence-corrected chi connectivity index (χ3v) is 8.72. The highest BCUT2D eigenvalue weighted by Gasteiger charge is 2.30. The van der Waals surface area contributed by atoms with Gasteiger partial charge in [0.25, 0.3) is 10.2 Å². The molecule has 0 aromatic rings. The van der Waals surface area contributed by atoms with E-state index in [2.05, 4.69) is 0 Å². The van der Waals surface area contributed by atoms with Gasteiger partial charge in [-0.1, -0.05) is 0 Å². The molecular formula is C14H31N5O5S2. The van der Waals surface area contributed by atoms with Gasteiger partial charge in [0.05, 0.1) is 5.75 Å². The molecule has 2 amide bonds. The van der Waals surface area contributed by atoms with Crippen molar-refractivity contribution in [3.63, 3.8) is 0 Å². The molecule has 0 radical (unpaired) electrons. The van der Waals surface area contributed by atoms with Crippen LogP contribution in [0.25, 0.3) is 0 Å². The van der Waals surface area contributed by atoms with E-state index in [9.17, 15) is 21.6 Å². The second-order valence-corrected chi connectivity index (χ2v) is 11.0. The minimum absolute atomic E-state index is 0.130. The molecule has 0 spiro atoms. The topological polar surface area (TPSA) is 102 Å². The highest BCUT2D eigenvalue weighted by molar-refractivity contribution is 7.89. The van der Waals surface area contributed by atoms with Crippen LogP contribution in [0.2, 0.25) is 0 Å². The maximum atomic E-state index is 10.9. The van der Waals surface area contributed by atoms with Gasteiger partial charge in [0.2, 0.25) is 10.0 Å². The lowest BCUT2D eigenvalue weighted by Gasteiger charge is -2.11. The van der Waals surface area contributed by atoms with Crippen molar-refractivity contribution in [3.05, 3.63) is 0 Å². The molecule has 10 nitrogen and oxygen atoms in total. The van der Waals surface area contributed by atoms with Crippen LogP contribution < -0.4 is 0 Å². The highest BCUT2D eigenvalue weighted by Crippen LogP contribution is 2.17. The van der Waals surface area contributed by atoms with E-state index in [1.807, 2.05) is 21.0 Å². The summed E-state index contributed by atoms with van der Waals surface area (Å²) in [5, 5.41) is 0. The van der Waals surface area contributed by atoms with Crippen molar-refractivity contribution in [2.75, 3.05) is 67.2 Å². The van der Waals surface area contributed by atoms with Crippen molar-refractivity contribution >= 4 is 26.3 Å². The van der Waals surface area contributed by atoms with Gasteiger partial charge in [-0.15, -0.1) is 0 Å². The summed E-state index contributed by atoms with van der Waals surface area (Å²) >= 11 is 0. The number of urea groups is 1.